The van der Waals surface area contributed by atoms with Crippen molar-refractivity contribution in [2.45, 2.75) is 24.2 Å². The van der Waals surface area contributed by atoms with Crippen molar-refractivity contribution in [2.75, 3.05) is 10.5 Å². The van der Waals surface area contributed by atoms with Gasteiger partial charge in [-0.1, -0.05) is 6.07 Å². The highest BCUT2D eigenvalue weighted by molar-refractivity contribution is 7.92. The van der Waals surface area contributed by atoms with Crippen LogP contribution in [-0.2, 0) is 29.9 Å². The Bertz CT molecular complexity index is 765. The van der Waals surface area contributed by atoms with Crippen molar-refractivity contribution in [3.05, 3.63) is 35.5 Å². The minimum Gasteiger partial charge on any atom is -0.381 e. The summed E-state index contributed by atoms with van der Waals surface area (Å²) in [7, 11) is -2.07. The molecule has 3 rings (SSSR count). The number of fused-ring (bicyclic) bond motifs is 1. The Morgan fingerprint density at radius 1 is 1.30 bits per heavy atom. The highest BCUT2D eigenvalue weighted by Crippen LogP contribution is 2.27. The van der Waals surface area contributed by atoms with Crippen LogP contribution < -0.4 is 10.5 Å². The molecule has 0 unspecified atom stereocenters. The van der Waals surface area contributed by atoms with Crippen molar-refractivity contribution in [1.29, 1.82) is 0 Å². The van der Waals surface area contributed by atoms with Gasteiger partial charge < -0.3 is 5.73 Å². The van der Waals surface area contributed by atoms with E-state index in [0.29, 0.717) is 5.69 Å². The van der Waals surface area contributed by atoms with Crippen LogP contribution in [0.15, 0.2) is 29.3 Å². The number of aryl methyl sites for hydroxylation is 3. The molecule has 6 nitrogen and oxygen atoms in total. The fraction of sp³-hybridized carbons (Fsp3) is 0.308. The van der Waals surface area contributed by atoms with Gasteiger partial charge in [0.1, 0.15) is 4.90 Å². The minimum absolute atomic E-state index is 0.000462. The molecular weight excluding hydrogens is 276 g/mol. The first-order valence-electron chi connectivity index (χ1n) is 6.39. The van der Waals surface area contributed by atoms with E-state index in [9.17, 15) is 8.42 Å². The second-order valence-electron chi connectivity index (χ2n) is 4.99. The number of nitrogens with zero attached hydrogens (tertiary/aromatic N) is 2. The lowest BCUT2D eigenvalue weighted by Gasteiger charge is -2.08. The van der Waals surface area contributed by atoms with E-state index >= 15 is 0 Å². The molecule has 1 aliphatic rings. The normalized spacial score (nSPS) is 14.2. The molecule has 1 aromatic carbocycles. The van der Waals surface area contributed by atoms with Gasteiger partial charge in [0.15, 0.2) is 5.82 Å². The number of benzene rings is 1. The van der Waals surface area contributed by atoms with Crippen LogP contribution in [0.4, 0.5) is 11.5 Å². The monoisotopic (exact) mass is 292 g/mol. The van der Waals surface area contributed by atoms with Gasteiger partial charge >= 0.3 is 0 Å². The zero-order chi connectivity index (χ0) is 14.3. The summed E-state index contributed by atoms with van der Waals surface area (Å²) in [5.74, 6) is 0.00107. The van der Waals surface area contributed by atoms with Gasteiger partial charge in [-0.05, 0) is 42.5 Å². The van der Waals surface area contributed by atoms with Crippen LogP contribution in [0, 0.1) is 0 Å². The molecule has 2 aromatic rings. The summed E-state index contributed by atoms with van der Waals surface area (Å²) in [5, 5.41) is 3.85. The predicted molar refractivity (Wildman–Crippen MR) is 76.9 cm³/mol. The number of anilines is 2. The molecule has 0 atom stereocenters. The van der Waals surface area contributed by atoms with E-state index < -0.39 is 10.0 Å². The Kier molecular flexibility index (Phi) is 2.93. The summed E-state index contributed by atoms with van der Waals surface area (Å²) < 4.78 is 28.5. The Balaban J connectivity index is 1.92. The first-order valence-corrected chi connectivity index (χ1v) is 7.88. The smallest absolute Gasteiger partial charge is 0.267 e. The molecule has 7 heteroatoms. The number of aromatic nitrogens is 2. The molecule has 0 fully saturated rings. The van der Waals surface area contributed by atoms with E-state index in [1.807, 2.05) is 12.1 Å². The van der Waals surface area contributed by atoms with Crippen molar-refractivity contribution in [3.63, 3.8) is 0 Å². The van der Waals surface area contributed by atoms with Crippen LogP contribution in [0.1, 0.15) is 17.5 Å². The minimum atomic E-state index is -3.70. The predicted octanol–water partition coefficient (Wildman–Crippen LogP) is 1.29. The van der Waals surface area contributed by atoms with Gasteiger partial charge in [-0.3, -0.25) is 9.40 Å². The third kappa shape index (κ3) is 2.24. The van der Waals surface area contributed by atoms with Crippen LogP contribution >= 0.6 is 0 Å². The zero-order valence-electron chi connectivity index (χ0n) is 11.1. The largest absolute Gasteiger partial charge is 0.381 e. The third-order valence-electron chi connectivity index (χ3n) is 3.46. The average Bonchev–Trinajstić information content (AvgIpc) is 2.94. The topological polar surface area (TPSA) is 90.0 Å². The molecule has 1 aliphatic carbocycles. The fourth-order valence-electron chi connectivity index (χ4n) is 2.54. The lowest BCUT2D eigenvalue weighted by atomic mass is 10.1. The highest BCUT2D eigenvalue weighted by atomic mass is 32.2. The molecule has 20 heavy (non-hydrogen) atoms. The number of rotatable bonds is 3. The van der Waals surface area contributed by atoms with Crippen molar-refractivity contribution >= 4 is 21.5 Å². The number of nitrogens with one attached hydrogen (secondary N) is 1. The summed E-state index contributed by atoms with van der Waals surface area (Å²) in [6.45, 7) is 0. The maximum Gasteiger partial charge on any atom is 0.267 e. The van der Waals surface area contributed by atoms with E-state index in [1.54, 1.807) is 13.1 Å². The Morgan fingerprint density at radius 2 is 2.05 bits per heavy atom. The Labute approximate surface area is 117 Å². The number of hydrogen-bond donors (Lipinski definition) is 2. The van der Waals surface area contributed by atoms with Gasteiger partial charge in [-0.25, -0.2) is 8.42 Å². The van der Waals surface area contributed by atoms with Crippen molar-refractivity contribution < 1.29 is 8.42 Å². The van der Waals surface area contributed by atoms with Gasteiger partial charge in [-0.2, -0.15) is 5.10 Å². The maximum atomic E-state index is 12.3. The summed E-state index contributed by atoms with van der Waals surface area (Å²) >= 11 is 0. The first-order chi connectivity index (χ1) is 9.45. The number of nitrogens with two attached hydrogens (primary N) is 1. The van der Waals surface area contributed by atoms with Crippen molar-refractivity contribution in [3.8, 4) is 0 Å². The molecule has 0 aliphatic heterocycles. The van der Waals surface area contributed by atoms with E-state index in [1.165, 1.54) is 22.0 Å². The SMILES string of the molecule is Cn1cc(S(=O)(=O)Nc2ccc3c(c2)CCC3)c(N)n1. The van der Waals surface area contributed by atoms with Gasteiger partial charge in [-0.15, -0.1) is 0 Å². The second kappa shape index (κ2) is 4.52. The molecule has 0 spiro atoms. The highest BCUT2D eigenvalue weighted by Gasteiger charge is 2.21. The van der Waals surface area contributed by atoms with E-state index in [2.05, 4.69) is 9.82 Å². The molecule has 106 valence electrons. The number of nitrogen functional groups attached to an aromatic ring is 1. The van der Waals surface area contributed by atoms with E-state index in [-0.39, 0.29) is 10.7 Å². The molecule has 1 aromatic heterocycles. The first kappa shape index (κ1) is 13.0. The summed E-state index contributed by atoms with van der Waals surface area (Å²) in [4.78, 5) is 0.000462. The van der Waals surface area contributed by atoms with Crippen LogP contribution in [0.3, 0.4) is 0 Å². The fourth-order valence-corrected chi connectivity index (χ4v) is 3.69. The number of sulfonamides is 1. The van der Waals surface area contributed by atoms with Crippen LogP contribution in [0.2, 0.25) is 0 Å². The lowest BCUT2D eigenvalue weighted by molar-refractivity contribution is 0.601. The molecule has 3 N–H and O–H groups in total. The summed E-state index contributed by atoms with van der Waals surface area (Å²) in [6, 6.07) is 5.66. The van der Waals surface area contributed by atoms with Gasteiger partial charge in [0.2, 0.25) is 0 Å². The number of hydrogen-bond acceptors (Lipinski definition) is 4. The second-order valence-corrected chi connectivity index (χ2v) is 6.65. The molecular formula is C13H16N4O2S. The molecule has 1 heterocycles. The Hall–Kier alpha value is -2.02. The lowest BCUT2D eigenvalue weighted by Crippen LogP contribution is -2.14. The van der Waals surface area contributed by atoms with Crippen LogP contribution in [-0.4, -0.2) is 18.2 Å². The summed E-state index contributed by atoms with van der Waals surface area (Å²) in [6.07, 6.45) is 4.59. The van der Waals surface area contributed by atoms with Crippen LogP contribution in [0.5, 0.6) is 0 Å². The van der Waals surface area contributed by atoms with E-state index in [0.717, 1.165) is 19.3 Å². The third-order valence-corrected chi connectivity index (χ3v) is 4.86. The Morgan fingerprint density at radius 3 is 2.75 bits per heavy atom. The van der Waals surface area contributed by atoms with Crippen molar-refractivity contribution in [1.82, 2.24) is 9.78 Å². The standard InChI is InChI=1S/C13H16N4O2S/c1-17-8-12(13(14)15-17)20(18,19)16-11-6-5-9-3-2-4-10(9)7-11/h5-8,16H,2-4H2,1H3,(H2,14,15). The molecule has 0 bridgehead atoms. The van der Waals surface area contributed by atoms with E-state index in [4.69, 9.17) is 5.73 Å². The van der Waals surface area contributed by atoms with Gasteiger partial charge in [0.25, 0.3) is 10.0 Å². The molecule has 0 radical (unpaired) electrons. The molecule has 0 saturated carbocycles. The van der Waals surface area contributed by atoms with Gasteiger partial charge in [0.05, 0.1) is 0 Å². The average molecular weight is 292 g/mol. The van der Waals surface area contributed by atoms with Gasteiger partial charge in [0, 0.05) is 18.9 Å². The summed E-state index contributed by atoms with van der Waals surface area (Å²) in [5.41, 5.74) is 8.70. The van der Waals surface area contributed by atoms with Crippen molar-refractivity contribution in [2.24, 2.45) is 7.05 Å². The molecule has 0 saturated heterocycles. The quantitative estimate of drug-likeness (QED) is 0.892. The zero-order valence-corrected chi connectivity index (χ0v) is 11.9. The molecule has 0 amide bonds. The maximum absolute atomic E-state index is 12.3. The van der Waals surface area contributed by atoms with Crippen LogP contribution in [0.25, 0.3) is 0 Å².